The van der Waals surface area contributed by atoms with Crippen molar-refractivity contribution in [1.29, 1.82) is 0 Å². The molecule has 5 nitrogen and oxygen atoms in total. The normalized spacial score (nSPS) is 10.4. The van der Waals surface area contributed by atoms with Crippen LogP contribution in [-0.4, -0.2) is 22.6 Å². The summed E-state index contributed by atoms with van der Waals surface area (Å²) in [6.07, 6.45) is 0.849. The van der Waals surface area contributed by atoms with E-state index in [1.807, 2.05) is 23.8 Å². The molecule has 0 radical (unpaired) electrons. The van der Waals surface area contributed by atoms with Crippen molar-refractivity contribution in [2.45, 2.75) is 19.8 Å². The number of amides is 1. The molecule has 0 saturated carbocycles. The number of nitrogens with zero attached hydrogens (tertiary/aromatic N) is 2. The van der Waals surface area contributed by atoms with E-state index >= 15 is 0 Å². The Morgan fingerprint density at radius 2 is 2.47 bits per heavy atom. The lowest BCUT2D eigenvalue weighted by Crippen LogP contribution is -2.22. The van der Waals surface area contributed by atoms with Crippen molar-refractivity contribution in [2.24, 2.45) is 0 Å². The fraction of sp³-hybridized carbons (Fsp3) is 0.364. The molecule has 2 heterocycles. The van der Waals surface area contributed by atoms with Gasteiger partial charge in [-0.25, -0.2) is 0 Å². The summed E-state index contributed by atoms with van der Waals surface area (Å²) in [5.74, 6) is 1.08. The van der Waals surface area contributed by atoms with Crippen LogP contribution in [0.1, 0.15) is 19.2 Å². The van der Waals surface area contributed by atoms with Crippen LogP contribution >= 0.6 is 11.3 Å². The van der Waals surface area contributed by atoms with E-state index in [9.17, 15) is 4.79 Å². The Labute approximate surface area is 103 Å². The third kappa shape index (κ3) is 3.13. The Morgan fingerprint density at radius 3 is 3.18 bits per heavy atom. The zero-order chi connectivity index (χ0) is 12.1. The topological polar surface area (TPSA) is 68.0 Å². The van der Waals surface area contributed by atoms with Gasteiger partial charge in [-0.05, 0) is 18.4 Å². The standard InChI is InChI=1S/C11H13N3O2S/c1-2-12-9(15)3-4-10-13-11(14-16-10)8-5-6-17-7-8/h5-7H,2-4H2,1H3,(H,12,15). The van der Waals surface area contributed by atoms with Gasteiger partial charge in [0.1, 0.15) is 0 Å². The molecule has 0 aromatic carbocycles. The molecule has 0 unspecified atom stereocenters. The van der Waals surface area contributed by atoms with Crippen molar-refractivity contribution < 1.29 is 9.32 Å². The van der Waals surface area contributed by atoms with E-state index in [1.165, 1.54) is 0 Å². The molecule has 0 aliphatic carbocycles. The summed E-state index contributed by atoms with van der Waals surface area (Å²) >= 11 is 1.58. The molecule has 90 valence electrons. The third-order valence-corrected chi connectivity index (χ3v) is 2.87. The van der Waals surface area contributed by atoms with Crippen LogP contribution in [0.2, 0.25) is 0 Å². The highest BCUT2D eigenvalue weighted by molar-refractivity contribution is 7.08. The highest BCUT2D eigenvalue weighted by Crippen LogP contribution is 2.18. The van der Waals surface area contributed by atoms with E-state index in [-0.39, 0.29) is 5.91 Å². The van der Waals surface area contributed by atoms with Gasteiger partial charge in [-0.2, -0.15) is 16.3 Å². The smallest absolute Gasteiger partial charge is 0.227 e. The van der Waals surface area contributed by atoms with Gasteiger partial charge in [0.25, 0.3) is 0 Å². The fourth-order valence-corrected chi connectivity index (χ4v) is 2.01. The van der Waals surface area contributed by atoms with Gasteiger partial charge in [-0.3, -0.25) is 4.79 Å². The number of thiophene rings is 1. The minimum absolute atomic E-state index is 0.00258. The summed E-state index contributed by atoms with van der Waals surface area (Å²) in [5.41, 5.74) is 0.947. The Balaban J connectivity index is 1.93. The zero-order valence-electron chi connectivity index (χ0n) is 9.47. The molecule has 0 aliphatic rings. The molecule has 2 rings (SSSR count). The predicted molar refractivity (Wildman–Crippen MR) is 64.6 cm³/mol. The summed E-state index contributed by atoms with van der Waals surface area (Å²) < 4.78 is 5.08. The van der Waals surface area contributed by atoms with Crippen LogP contribution in [0.15, 0.2) is 21.3 Å². The van der Waals surface area contributed by atoms with Crippen LogP contribution in [-0.2, 0) is 11.2 Å². The van der Waals surface area contributed by atoms with Crippen molar-refractivity contribution in [3.05, 3.63) is 22.7 Å². The molecule has 6 heteroatoms. The van der Waals surface area contributed by atoms with Crippen LogP contribution in [0.5, 0.6) is 0 Å². The van der Waals surface area contributed by atoms with Gasteiger partial charge in [0.15, 0.2) is 0 Å². The van der Waals surface area contributed by atoms with Crippen molar-refractivity contribution in [1.82, 2.24) is 15.5 Å². The molecule has 0 spiro atoms. The number of nitrogens with one attached hydrogen (secondary N) is 1. The van der Waals surface area contributed by atoms with E-state index in [1.54, 1.807) is 11.3 Å². The summed E-state index contributed by atoms with van der Waals surface area (Å²) in [6.45, 7) is 2.53. The lowest BCUT2D eigenvalue weighted by molar-refractivity contribution is -0.121. The maximum atomic E-state index is 11.3. The first-order chi connectivity index (χ1) is 8.29. The van der Waals surface area contributed by atoms with Gasteiger partial charge < -0.3 is 9.84 Å². The monoisotopic (exact) mass is 251 g/mol. The SMILES string of the molecule is CCNC(=O)CCc1nc(-c2ccsc2)no1. The third-order valence-electron chi connectivity index (χ3n) is 2.19. The molecule has 0 saturated heterocycles. The maximum Gasteiger partial charge on any atom is 0.227 e. The number of hydrogen-bond donors (Lipinski definition) is 1. The molecule has 2 aromatic heterocycles. The number of hydrogen-bond acceptors (Lipinski definition) is 5. The van der Waals surface area contributed by atoms with Crippen LogP contribution in [0.3, 0.4) is 0 Å². The number of carbonyl (C=O) groups excluding carboxylic acids is 1. The van der Waals surface area contributed by atoms with Crippen LogP contribution in [0.4, 0.5) is 0 Å². The van der Waals surface area contributed by atoms with Crippen molar-refractivity contribution >= 4 is 17.2 Å². The van der Waals surface area contributed by atoms with Gasteiger partial charge in [0, 0.05) is 30.3 Å². The van der Waals surface area contributed by atoms with Gasteiger partial charge in [0.2, 0.25) is 17.6 Å². The first-order valence-corrected chi connectivity index (χ1v) is 6.35. The van der Waals surface area contributed by atoms with E-state index in [4.69, 9.17) is 4.52 Å². The van der Waals surface area contributed by atoms with Crippen molar-refractivity contribution in [3.63, 3.8) is 0 Å². The summed E-state index contributed by atoms with van der Waals surface area (Å²) in [6, 6.07) is 1.93. The quantitative estimate of drug-likeness (QED) is 0.880. The lowest BCUT2D eigenvalue weighted by atomic mass is 10.3. The number of aryl methyl sites for hydroxylation is 1. The Hall–Kier alpha value is -1.69. The molecule has 1 amide bonds. The number of carbonyl (C=O) groups is 1. The maximum absolute atomic E-state index is 11.3. The Bertz CT molecular complexity index is 479. The second-order valence-electron chi connectivity index (χ2n) is 3.48. The molecule has 17 heavy (non-hydrogen) atoms. The van der Waals surface area contributed by atoms with Gasteiger partial charge >= 0.3 is 0 Å². The molecule has 0 bridgehead atoms. The van der Waals surface area contributed by atoms with Gasteiger partial charge in [0.05, 0.1) is 0 Å². The molecule has 2 aromatic rings. The van der Waals surface area contributed by atoms with Crippen LogP contribution in [0, 0.1) is 0 Å². The minimum atomic E-state index is 0.00258. The zero-order valence-corrected chi connectivity index (χ0v) is 10.3. The van der Waals surface area contributed by atoms with Gasteiger partial charge in [-0.1, -0.05) is 5.16 Å². The van der Waals surface area contributed by atoms with E-state index in [2.05, 4.69) is 15.5 Å². The first-order valence-electron chi connectivity index (χ1n) is 5.41. The summed E-state index contributed by atoms with van der Waals surface area (Å²) in [5, 5.41) is 10.5. The summed E-state index contributed by atoms with van der Waals surface area (Å²) in [7, 11) is 0. The van der Waals surface area contributed by atoms with Crippen LogP contribution in [0.25, 0.3) is 11.4 Å². The first kappa shape index (κ1) is 11.8. The summed E-state index contributed by atoms with van der Waals surface area (Å²) in [4.78, 5) is 15.5. The molecule has 1 N–H and O–H groups in total. The van der Waals surface area contributed by atoms with Gasteiger partial charge in [-0.15, -0.1) is 0 Å². The van der Waals surface area contributed by atoms with Crippen molar-refractivity contribution in [3.8, 4) is 11.4 Å². The molecular weight excluding hydrogens is 238 g/mol. The Kier molecular flexibility index (Phi) is 3.87. The molecule has 0 aliphatic heterocycles. The molecular formula is C11H13N3O2S. The van der Waals surface area contributed by atoms with E-state index < -0.39 is 0 Å². The van der Waals surface area contributed by atoms with Crippen LogP contribution < -0.4 is 5.32 Å². The highest BCUT2D eigenvalue weighted by Gasteiger charge is 2.10. The fourth-order valence-electron chi connectivity index (χ4n) is 1.37. The van der Waals surface area contributed by atoms with E-state index in [0.717, 1.165) is 5.56 Å². The van der Waals surface area contributed by atoms with Crippen molar-refractivity contribution in [2.75, 3.05) is 6.54 Å². The number of aromatic nitrogens is 2. The number of rotatable bonds is 5. The average Bonchev–Trinajstić information content (AvgIpc) is 2.97. The lowest BCUT2D eigenvalue weighted by Gasteiger charge is -1.97. The highest BCUT2D eigenvalue weighted by atomic mass is 32.1. The molecule has 0 fully saturated rings. The Morgan fingerprint density at radius 1 is 1.59 bits per heavy atom. The largest absolute Gasteiger partial charge is 0.356 e. The minimum Gasteiger partial charge on any atom is -0.356 e. The average molecular weight is 251 g/mol. The molecule has 0 atom stereocenters. The second kappa shape index (κ2) is 5.58. The second-order valence-corrected chi connectivity index (χ2v) is 4.26. The predicted octanol–water partition coefficient (Wildman–Crippen LogP) is 1.87. The van der Waals surface area contributed by atoms with E-state index in [0.29, 0.717) is 31.1 Å².